The Kier molecular flexibility index (Phi) is 6.19. The third kappa shape index (κ3) is 4.75. The van der Waals surface area contributed by atoms with Crippen molar-refractivity contribution >= 4 is 21.5 Å². The van der Waals surface area contributed by atoms with Crippen molar-refractivity contribution < 1.29 is 8.42 Å². The molecule has 0 saturated carbocycles. The number of rotatable bonds is 8. The Bertz CT molecular complexity index is 512. The van der Waals surface area contributed by atoms with E-state index in [1.165, 1.54) is 9.18 Å². The number of nitrogens with one attached hydrogen (secondary N) is 1. The van der Waals surface area contributed by atoms with Gasteiger partial charge in [0.15, 0.2) is 0 Å². The molecule has 2 heterocycles. The molecule has 1 aliphatic rings. The molecule has 7 heteroatoms. The molecule has 1 N–H and O–H groups in total. The van der Waals surface area contributed by atoms with Gasteiger partial charge < -0.3 is 0 Å². The molecule has 1 aliphatic heterocycles. The second kappa shape index (κ2) is 7.69. The molecule has 1 fully saturated rings. The molecule has 5 nitrogen and oxygen atoms in total. The molecule has 1 aromatic rings. The van der Waals surface area contributed by atoms with E-state index in [2.05, 4.69) is 27.1 Å². The molecule has 1 aromatic heterocycles. The molecule has 1 atom stereocenters. The Morgan fingerprint density at radius 3 is 2.81 bits per heavy atom. The van der Waals surface area contributed by atoms with Gasteiger partial charge in [-0.05, 0) is 30.3 Å². The minimum atomic E-state index is -3.31. The number of hydrogen-bond donors (Lipinski definition) is 1. The first-order valence-electron chi connectivity index (χ1n) is 7.54. The molecule has 2 rings (SSSR count). The number of thiophene rings is 1. The van der Waals surface area contributed by atoms with Crippen LogP contribution in [0.15, 0.2) is 17.5 Å². The van der Waals surface area contributed by atoms with Crippen molar-refractivity contribution in [1.82, 2.24) is 13.9 Å². The van der Waals surface area contributed by atoms with E-state index in [-0.39, 0.29) is 0 Å². The quantitative estimate of drug-likeness (QED) is 0.789. The van der Waals surface area contributed by atoms with Gasteiger partial charge in [0, 0.05) is 37.6 Å². The van der Waals surface area contributed by atoms with Crippen LogP contribution in [-0.4, -0.2) is 50.3 Å². The summed E-state index contributed by atoms with van der Waals surface area (Å²) in [6.45, 7) is 8.30. The maximum Gasteiger partial charge on any atom is 0.279 e. The molecular formula is C14H25N3O2S2. The minimum absolute atomic E-state index is 0.412. The summed E-state index contributed by atoms with van der Waals surface area (Å²) in [5.74, 6) is 0.412. The summed E-state index contributed by atoms with van der Waals surface area (Å²) in [5.41, 5.74) is 0. The molecule has 0 radical (unpaired) electrons. The maximum atomic E-state index is 12.1. The Balaban J connectivity index is 1.78. The molecule has 1 saturated heterocycles. The van der Waals surface area contributed by atoms with Gasteiger partial charge in [-0.1, -0.05) is 19.9 Å². The van der Waals surface area contributed by atoms with Crippen LogP contribution in [0, 0.1) is 5.92 Å². The Morgan fingerprint density at radius 1 is 1.43 bits per heavy atom. The fourth-order valence-corrected chi connectivity index (χ4v) is 4.78. The van der Waals surface area contributed by atoms with Crippen LogP contribution in [0.1, 0.15) is 25.1 Å². The van der Waals surface area contributed by atoms with E-state index in [4.69, 9.17) is 0 Å². The van der Waals surface area contributed by atoms with Crippen molar-refractivity contribution in [3.8, 4) is 0 Å². The highest BCUT2D eigenvalue weighted by molar-refractivity contribution is 7.87. The summed E-state index contributed by atoms with van der Waals surface area (Å²) >= 11 is 1.78. The third-order valence-electron chi connectivity index (χ3n) is 3.93. The van der Waals surface area contributed by atoms with E-state index < -0.39 is 10.2 Å². The lowest BCUT2D eigenvalue weighted by atomic mass is 10.1. The van der Waals surface area contributed by atoms with Crippen molar-refractivity contribution in [2.24, 2.45) is 5.92 Å². The second-order valence-electron chi connectivity index (χ2n) is 5.41. The number of likely N-dealkylation sites (tertiary alicyclic amines) is 1. The van der Waals surface area contributed by atoms with Crippen LogP contribution in [0.5, 0.6) is 0 Å². The molecule has 21 heavy (non-hydrogen) atoms. The van der Waals surface area contributed by atoms with Crippen LogP contribution in [-0.2, 0) is 16.8 Å². The third-order valence-corrected chi connectivity index (χ3v) is 6.52. The van der Waals surface area contributed by atoms with Gasteiger partial charge in [-0.25, -0.2) is 4.72 Å². The first-order chi connectivity index (χ1) is 10.0. The van der Waals surface area contributed by atoms with Crippen molar-refractivity contribution in [2.45, 2.75) is 26.8 Å². The molecular weight excluding hydrogens is 306 g/mol. The lowest BCUT2D eigenvalue weighted by Gasteiger charge is -2.20. The Morgan fingerprint density at radius 2 is 2.19 bits per heavy atom. The first kappa shape index (κ1) is 16.9. The van der Waals surface area contributed by atoms with Gasteiger partial charge in [0.2, 0.25) is 0 Å². The average molecular weight is 332 g/mol. The van der Waals surface area contributed by atoms with E-state index in [9.17, 15) is 8.42 Å². The predicted molar refractivity (Wildman–Crippen MR) is 87.5 cm³/mol. The number of nitrogens with zero attached hydrogens (tertiary/aromatic N) is 2. The highest BCUT2D eigenvalue weighted by Gasteiger charge is 2.25. The fraction of sp³-hybridized carbons (Fsp3) is 0.714. The van der Waals surface area contributed by atoms with E-state index >= 15 is 0 Å². The monoisotopic (exact) mass is 331 g/mol. The van der Waals surface area contributed by atoms with Crippen LogP contribution in [0.25, 0.3) is 0 Å². The summed E-state index contributed by atoms with van der Waals surface area (Å²) in [7, 11) is -3.31. The molecule has 0 spiro atoms. The van der Waals surface area contributed by atoms with Crippen molar-refractivity contribution in [1.29, 1.82) is 0 Å². The lowest BCUT2D eigenvalue weighted by Crippen LogP contribution is -2.42. The highest BCUT2D eigenvalue weighted by atomic mass is 32.2. The summed E-state index contributed by atoms with van der Waals surface area (Å²) in [6.07, 6.45) is 1.06. The van der Waals surface area contributed by atoms with Crippen molar-refractivity contribution in [3.05, 3.63) is 22.4 Å². The summed E-state index contributed by atoms with van der Waals surface area (Å²) in [5, 5.41) is 2.10. The van der Waals surface area contributed by atoms with E-state index in [1.54, 1.807) is 11.3 Å². The summed E-state index contributed by atoms with van der Waals surface area (Å²) in [6, 6.07) is 4.23. The zero-order chi connectivity index (χ0) is 15.3. The van der Waals surface area contributed by atoms with Crippen LogP contribution in [0.2, 0.25) is 0 Å². The van der Waals surface area contributed by atoms with Crippen molar-refractivity contribution in [3.63, 3.8) is 0 Å². The van der Waals surface area contributed by atoms with Crippen LogP contribution < -0.4 is 4.72 Å². The Labute approximate surface area is 132 Å². The Hall–Kier alpha value is -0.470. The van der Waals surface area contributed by atoms with E-state index in [0.29, 0.717) is 25.6 Å². The van der Waals surface area contributed by atoms with Gasteiger partial charge in [-0.3, -0.25) is 4.90 Å². The fourth-order valence-electron chi connectivity index (χ4n) is 2.72. The zero-order valence-electron chi connectivity index (χ0n) is 12.8. The van der Waals surface area contributed by atoms with Crippen LogP contribution in [0.3, 0.4) is 0 Å². The number of hydrogen-bond acceptors (Lipinski definition) is 4. The van der Waals surface area contributed by atoms with Gasteiger partial charge in [0.1, 0.15) is 0 Å². The standard InChI is InChI=1S/C14H25N3O2S2/c1-3-17(4-2)21(18,19)15-10-13-7-8-16(11-13)12-14-6-5-9-20-14/h5-6,9,13,15H,3-4,7-8,10-12H2,1-2H3/t13-/m0/s1. The molecule has 0 unspecified atom stereocenters. The smallest absolute Gasteiger partial charge is 0.279 e. The minimum Gasteiger partial charge on any atom is -0.298 e. The maximum absolute atomic E-state index is 12.1. The van der Waals surface area contributed by atoms with Crippen LogP contribution >= 0.6 is 11.3 Å². The predicted octanol–water partition coefficient (Wildman–Crippen LogP) is 1.75. The molecule has 0 aromatic carbocycles. The molecule has 0 amide bonds. The normalized spacial score (nSPS) is 20.4. The largest absolute Gasteiger partial charge is 0.298 e. The molecule has 120 valence electrons. The van der Waals surface area contributed by atoms with Gasteiger partial charge >= 0.3 is 0 Å². The average Bonchev–Trinajstić information content (AvgIpc) is 3.10. The van der Waals surface area contributed by atoms with Gasteiger partial charge in [-0.2, -0.15) is 12.7 Å². The zero-order valence-corrected chi connectivity index (χ0v) is 14.4. The van der Waals surface area contributed by atoms with Crippen LogP contribution in [0.4, 0.5) is 0 Å². The topological polar surface area (TPSA) is 52.7 Å². The van der Waals surface area contributed by atoms with E-state index in [0.717, 1.165) is 26.1 Å². The summed E-state index contributed by atoms with van der Waals surface area (Å²) in [4.78, 5) is 3.78. The highest BCUT2D eigenvalue weighted by Crippen LogP contribution is 2.20. The lowest BCUT2D eigenvalue weighted by molar-refractivity contribution is 0.318. The van der Waals surface area contributed by atoms with Gasteiger partial charge in [0.05, 0.1) is 0 Å². The second-order valence-corrected chi connectivity index (χ2v) is 8.19. The van der Waals surface area contributed by atoms with E-state index in [1.807, 2.05) is 13.8 Å². The molecule has 0 bridgehead atoms. The van der Waals surface area contributed by atoms with Crippen molar-refractivity contribution in [2.75, 3.05) is 32.7 Å². The first-order valence-corrected chi connectivity index (χ1v) is 9.86. The summed E-state index contributed by atoms with van der Waals surface area (Å²) < 4.78 is 28.4. The SMILES string of the molecule is CCN(CC)S(=O)(=O)NC[C@@H]1CCN(Cc2cccs2)C1. The van der Waals surface area contributed by atoms with Gasteiger partial charge in [0.25, 0.3) is 10.2 Å². The molecule has 0 aliphatic carbocycles. The van der Waals surface area contributed by atoms with Gasteiger partial charge in [-0.15, -0.1) is 11.3 Å².